The molecule has 0 aromatic rings. The van der Waals surface area contributed by atoms with Crippen molar-refractivity contribution >= 4 is 0 Å². The van der Waals surface area contributed by atoms with E-state index >= 15 is 0 Å². The van der Waals surface area contributed by atoms with Gasteiger partial charge in [0.1, 0.15) is 0 Å². The van der Waals surface area contributed by atoms with Gasteiger partial charge in [0, 0.05) is 0 Å². The van der Waals surface area contributed by atoms with Crippen molar-refractivity contribution in [2.24, 2.45) is 23.7 Å². The van der Waals surface area contributed by atoms with Gasteiger partial charge >= 0.3 is 0 Å². The minimum Gasteiger partial charge on any atom is -0.0683 e. The second-order valence-corrected chi connectivity index (χ2v) is 4.69. The maximum absolute atomic E-state index is 2.00. The third-order valence-corrected chi connectivity index (χ3v) is 4.24. The summed E-state index contributed by atoms with van der Waals surface area (Å²) >= 11 is 0. The van der Waals surface area contributed by atoms with Gasteiger partial charge in [0.15, 0.2) is 0 Å². The van der Waals surface area contributed by atoms with Crippen molar-refractivity contribution < 1.29 is 0 Å². The van der Waals surface area contributed by atoms with Crippen LogP contribution >= 0.6 is 0 Å². The van der Waals surface area contributed by atoms with Crippen LogP contribution in [-0.4, -0.2) is 0 Å². The molecule has 0 saturated heterocycles. The van der Waals surface area contributed by atoms with Crippen molar-refractivity contribution in [3.63, 3.8) is 0 Å². The Kier molecular flexibility index (Phi) is 4.98. The Morgan fingerprint density at radius 1 is 0.714 bits per heavy atom. The normalized spacial score (nSPS) is 42.0. The number of fused-ring (bicyclic) bond motifs is 1. The summed E-state index contributed by atoms with van der Waals surface area (Å²) in [5.41, 5.74) is 0. The van der Waals surface area contributed by atoms with E-state index < -0.39 is 0 Å². The van der Waals surface area contributed by atoms with Gasteiger partial charge < -0.3 is 0 Å². The third-order valence-electron chi connectivity index (χ3n) is 4.24. The van der Waals surface area contributed by atoms with Crippen LogP contribution < -0.4 is 0 Å². The minimum absolute atomic E-state index is 1.18. The lowest BCUT2D eigenvalue weighted by Crippen LogP contribution is -2.24. The van der Waals surface area contributed by atoms with Gasteiger partial charge in [0.05, 0.1) is 0 Å². The first-order valence-corrected chi connectivity index (χ1v) is 6.93. The van der Waals surface area contributed by atoms with Crippen LogP contribution in [-0.2, 0) is 0 Å². The Bertz CT molecular complexity index is 133. The lowest BCUT2D eigenvalue weighted by atomic mass is 9.71. The highest BCUT2D eigenvalue weighted by molar-refractivity contribution is 4.97. The van der Waals surface area contributed by atoms with Crippen LogP contribution in [0.4, 0.5) is 0 Å². The molecule has 0 aromatic heterocycles. The third kappa shape index (κ3) is 2.15. The van der Waals surface area contributed by atoms with Crippen LogP contribution in [0, 0.1) is 23.7 Å². The first-order chi connectivity index (χ1) is 6.93. The fourth-order valence-electron chi connectivity index (χ4n) is 3.96. The Hall–Kier alpha value is 0. The molecule has 84 valence electrons. The van der Waals surface area contributed by atoms with Crippen LogP contribution in [0.3, 0.4) is 0 Å². The molecule has 0 aliphatic heterocycles. The zero-order valence-corrected chi connectivity index (χ0v) is 10.6. The monoisotopic (exact) mass is 196 g/mol. The van der Waals surface area contributed by atoms with Gasteiger partial charge in [-0.2, -0.15) is 0 Å². The number of hydrogen-bond acceptors (Lipinski definition) is 0. The lowest BCUT2D eigenvalue weighted by Gasteiger charge is -2.34. The maximum Gasteiger partial charge on any atom is -0.0355 e. The minimum atomic E-state index is 1.18. The van der Waals surface area contributed by atoms with Crippen molar-refractivity contribution in [3.05, 3.63) is 0 Å². The smallest absolute Gasteiger partial charge is 0.0355 e. The van der Waals surface area contributed by atoms with Crippen LogP contribution in [0.5, 0.6) is 0 Å². The van der Waals surface area contributed by atoms with Crippen molar-refractivity contribution in [1.82, 2.24) is 0 Å². The second-order valence-electron chi connectivity index (χ2n) is 4.69. The Balaban J connectivity index is 0.000000222. The summed E-state index contributed by atoms with van der Waals surface area (Å²) in [6, 6.07) is 0. The van der Waals surface area contributed by atoms with Gasteiger partial charge in [-0.15, -0.1) is 0 Å². The molecule has 2 atom stereocenters. The van der Waals surface area contributed by atoms with Gasteiger partial charge in [-0.25, -0.2) is 0 Å². The SMILES string of the molecule is C1CC2CC3CC(C1)C2C3.CC.CC. The quantitative estimate of drug-likeness (QED) is 0.518. The molecule has 0 heterocycles. The molecule has 0 aromatic carbocycles. The molecule has 0 nitrogen and oxygen atoms in total. The van der Waals surface area contributed by atoms with Crippen LogP contribution in [0.15, 0.2) is 0 Å². The average molecular weight is 196 g/mol. The molecule has 3 rings (SSSR count). The van der Waals surface area contributed by atoms with Crippen molar-refractivity contribution in [1.29, 1.82) is 0 Å². The summed E-state index contributed by atoms with van der Waals surface area (Å²) in [6.07, 6.45) is 9.56. The van der Waals surface area contributed by atoms with Crippen molar-refractivity contribution in [3.8, 4) is 0 Å². The Morgan fingerprint density at radius 2 is 1.21 bits per heavy atom. The zero-order chi connectivity index (χ0) is 10.6. The van der Waals surface area contributed by atoms with E-state index in [1.807, 2.05) is 27.7 Å². The molecular weight excluding hydrogens is 168 g/mol. The molecule has 14 heavy (non-hydrogen) atoms. The molecule has 0 heteroatoms. The van der Waals surface area contributed by atoms with E-state index in [1.165, 1.54) is 23.7 Å². The topological polar surface area (TPSA) is 0 Å². The highest BCUT2D eigenvalue weighted by Gasteiger charge is 2.47. The molecule has 3 aliphatic rings. The fraction of sp³-hybridized carbons (Fsp3) is 1.00. The summed E-state index contributed by atoms with van der Waals surface area (Å²) in [5, 5.41) is 0. The van der Waals surface area contributed by atoms with Crippen molar-refractivity contribution in [2.45, 2.75) is 66.2 Å². The van der Waals surface area contributed by atoms with E-state index in [9.17, 15) is 0 Å². The van der Waals surface area contributed by atoms with E-state index in [4.69, 9.17) is 0 Å². The van der Waals surface area contributed by atoms with E-state index in [0.717, 1.165) is 0 Å². The largest absolute Gasteiger partial charge is 0.0683 e. The second kappa shape index (κ2) is 5.78. The van der Waals surface area contributed by atoms with Crippen LogP contribution in [0.2, 0.25) is 0 Å². The lowest BCUT2D eigenvalue weighted by molar-refractivity contribution is 0.164. The number of rotatable bonds is 0. The summed E-state index contributed by atoms with van der Waals surface area (Å²) in [4.78, 5) is 0. The molecular formula is C14H28. The Morgan fingerprint density at radius 3 is 1.57 bits per heavy atom. The molecule has 2 bridgehead atoms. The molecule has 0 N–H and O–H groups in total. The summed E-state index contributed by atoms with van der Waals surface area (Å²) in [5.74, 6) is 4.77. The maximum atomic E-state index is 2.00. The molecule has 3 fully saturated rings. The number of hydrogen-bond donors (Lipinski definition) is 0. The Labute approximate surface area is 90.5 Å². The average Bonchev–Trinajstić information content (AvgIpc) is 2.82. The molecule has 2 unspecified atom stereocenters. The highest BCUT2D eigenvalue weighted by Crippen LogP contribution is 2.57. The van der Waals surface area contributed by atoms with Gasteiger partial charge in [-0.1, -0.05) is 47.0 Å². The van der Waals surface area contributed by atoms with Gasteiger partial charge in [-0.05, 0) is 42.9 Å². The standard InChI is InChI=1S/C10H16.2C2H6/c1-2-8-4-7-5-9(3-1)10(8)6-7;2*1-2/h7-10H,1-6H2;2*1-2H3. The molecule has 0 spiro atoms. The predicted octanol–water partition coefficient (Wildman–Crippen LogP) is 4.89. The zero-order valence-electron chi connectivity index (χ0n) is 10.6. The highest BCUT2D eigenvalue weighted by atomic mass is 14.5. The van der Waals surface area contributed by atoms with Gasteiger partial charge in [-0.3, -0.25) is 0 Å². The van der Waals surface area contributed by atoms with Crippen LogP contribution in [0.25, 0.3) is 0 Å². The molecule has 0 amide bonds. The van der Waals surface area contributed by atoms with Gasteiger partial charge in [0.25, 0.3) is 0 Å². The first kappa shape index (κ1) is 12.1. The molecule has 3 aliphatic carbocycles. The van der Waals surface area contributed by atoms with E-state index in [0.29, 0.717) is 0 Å². The van der Waals surface area contributed by atoms with E-state index in [-0.39, 0.29) is 0 Å². The molecule has 3 saturated carbocycles. The van der Waals surface area contributed by atoms with Crippen LogP contribution in [0.1, 0.15) is 66.2 Å². The first-order valence-electron chi connectivity index (χ1n) is 6.93. The predicted molar refractivity (Wildman–Crippen MR) is 64.4 cm³/mol. The summed E-state index contributed by atoms with van der Waals surface area (Å²) in [6.45, 7) is 8.00. The van der Waals surface area contributed by atoms with Crippen molar-refractivity contribution in [2.75, 3.05) is 0 Å². The van der Waals surface area contributed by atoms with E-state index in [1.54, 1.807) is 38.5 Å². The summed E-state index contributed by atoms with van der Waals surface area (Å²) < 4.78 is 0. The van der Waals surface area contributed by atoms with E-state index in [2.05, 4.69) is 0 Å². The van der Waals surface area contributed by atoms with Gasteiger partial charge in [0.2, 0.25) is 0 Å². The summed E-state index contributed by atoms with van der Waals surface area (Å²) in [7, 11) is 0. The molecule has 0 radical (unpaired) electrons. The fourth-order valence-corrected chi connectivity index (χ4v) is 3.96.